The van der Waals surface area contributed by atoms with Gasteiger partial charge in [-0.15, -0.1) is 11.8 Å². The van der Waals surface area contributed by atoms with Crippen LogP contribution in [0, 0.1) is 0 Å². The van der Waals surface area contributed by atoms with Crippen molar-refractivity contribution in [2.75, 3.05) is 12.9 Å². The van der Waals surface area contributed by atoms with Crippen LogP contribution < -0.4 is 4.74 Å². The van der Waals surface area contributed by atoms with E-state index in [-0.39, 0.29) is 0 Å². The van der Waals surface area contributed by atoms with E-state index in [1.54, 1.807) is 18.9 Å². The lowest BCUT2D eigenvalue weighted by molar-refractivity contribution is -0.104. The summed E-state index contributed by atoms with van der Waals surface area (Å²) in [5.74, 6) is 1.73. The van der Waals surface area contributed by atoms with Gasteiger partial charge in [-0.3, -0.25) is 4.79 Å². The van der Waals surface area contributed by atoms with Gasteiger partial charge < -0.3 is 4.74 Å². The minimum absolute atomic E-state index is 0.752. The number of benzene rings is 1. The molecule has 0 spiro atoms. The standard InChI is InChI=1S/C12H14O2S/c1-3-15-12(9-13)8-10-4-6-11(14-2)7-5-10/h4-9H,3H2,1-2H3/b12-8-. The molecule has 0 aliphatic rings. The maximum absolute atomic E-state index is 10.7. The van der Waals surface area contributed by atoms with E-state index >= 15 is 0 Å². The monoisotopic (exact) mass is 222 g/mol. The van der Waals surface area contributed by atoms with E-state index in [2.05, 4.69) is 0 Å². The van der Waals surface area contributed by atoms with Crippen LogP contribution in [-0.2, 0) is 4.79 Å². The summed E-state index contributed by atoms with van der Waals surface area (Å²) in [5.41, 5.74) is 1.01. The van der Waals surface area contributed by atoms with Crippen molar-refractivity contribution in [3.8, 4) is 5.75 Å². The number of aldehydes is 1. The summed E-state index contributed by atoms with van der Waals surface area (Å²) in [6.07, 6.45) is 2.76. The number of ether oxygens (including phenoxy) is 1. The topological polar surface area (TPSA) is 26.3 Å². The summed E-state index contributed by atoms with van der Waals surface area (Å²) in [6, 6.07) is 7.62. The third kappa shape index (κ3) is 3.80. The molecule has 0 bridgehead atoms. The van der Waals surface area contributed by atoms with Crippen molar-refractivity contribution in [3.05, 3.63) is 34.7 Å². The van der Waals surface area contributed by atoms with Gasteiger partial charge in [-0.1, -0.05) is 19.1 Å². The summed E-state index contributed by atoms with van der Waals surface area (Å²) in [4.78, 5) is 11.5. The van der Waals surface area contributed by atoms with Gasteiger partial charge in [-0.2, -0.15) is 0 Å². The molecule has 0 radical (unpaired) electrons. The lowest BCUT2D eigenvalue weighted by Crippen LogP contribution is -1.83. The van der Waals surface area contributed by atoms with E-state index < -0.39 is 0 Å². The van der Waals surface area contributed by atoms with Gasteiger partial charge in [-0.25, -0.2) is 0 Å². The lowest BCUT2D eigenvalue weighted by atomic mass is 10.2. The first-order valence-electron chi connectivity index (χ1n) is 4.74. The SMILES string of the molecule is CCS/C(C=O)=C\c1ccc(OC)cc1. The van der Waals surface area contributed by atoms with Crippen LogP contribution in [0.3, 0.4) is 0 Å². The van der Waals surface area contributed by atoms with Gasteiger partial charge in [0.15, 0.2) is 6.29 Å². The van der Waals surface area contributed by atoms with Crippen molar-refractivity contribution < 1.29 is 9.53 Å². The van der Waals surface area contributed by atoms with Crippen LogP contribution in [0.1, 0.15) is 12.5 Å². The first kappa shape index (κ1) is 11.9. The van der Waals surface area contributed by atoms with Crippen molar-refractivity contribution in [1.82, 2.24) is 0 Å². The molecule has 0 aromatic heterocycles. The first-order valence-corrected chi connectivity index (χ1v) is 5.72. The highest BCUT2D eigenvalue weighted by atomic mass is 32.2. The van der Waals surface area contributed by atoms with Gasteiger partial charge in [0.1, 0.15) is 5.75 Å². The molecule has 0 fully saturated rings. The normalized spacial score (nSPS) is 11.2. The molecule has 0 heterocycles. The average molecular weight is 222 g/mol. The second-order valence-electron chi connectivity index (χ2n) is 2.87. The molecule has 0 saturated carbocycles. The third-order valence-electron chi connectivity index (χ3n) is 1.85. The maximum atomic E-state index is 10.7. The Kier molecular flexibility index (Phi) is 4.98. The molecule has 0 atom stereocenters. The highest BCUT2D eigenvalue weighted by molar-refractivity contribution is 8.04. The second-order valence-corrected chi connectivity index (χ2v) is 4.21. The van der Waals surface area contributed by atoms with E-state index in [4.69, 9.17) is 4.74 Å². The molecule has 3 heteroatoms. The minimum atomic E-state index is 0.752. The predicted molar refractivity (Wildman–Crippen MR) is 65.2 cm³/mol. The number of carbonyl (C=O) groups is 1. The van der Waals surface area contributed by atoms with Crippen LogP contribution in [0.15, 0.2) is 29.2 Å². The fourth-order valence-corrected chi connectivity index (χ4v) is 1.76. The molecular formula is C12H14O2S. The molecule has 0 aliphatic carbocycles. The highest BCUT2D eigenvalue weighted by Gasteiger charge is 1.96. The van der Waals surface area contributed by atoms with Gasteiger partial charge in [0.2, 0.25) is 0 Å². The van der Waals surface area contributed by atoms with Gasteiger partial charge in [0.25, 0.3) is 0 Å². The Hall–Kier alpha value is -1.22. The van der Waals surface area contributed by atoms with Gasteiger partial charge >= 0.3 is 0 Å². The molecular weight excluding hydrogens is 208 g/mol. The van der Waals surface area contributed by atoms with Crippen LogP contribution in [0.25, 0.3) is 6.08 Å². The Labute approximate surface area is 94.3 Å². The molecule has 1 rings (SSSR count). The fraction of sp³-hybridized carbons (Fsp3) is 0.250. The number of methoxy groups -OCH3 is 1. The molecule has 80 valence electrons. The van der Waals surface area contributed by atoms with E-state index in [1.165, 1.54) is 0 Å². The van der Waals surface area contributed by atoms with Crippen LogP contribution >= 0.6 is 11.8 Å². The lowest BCUT2D eigenvalue weighted by Gasteiger charge is -2.00. The molecule has 0 amide bonds. The van der Waals surface area contributed by atoms with Crippen molar-refractivity contribution >= 4 is 24.1 Å². The summed E-state index contributed by atoms with van der Waals surface area (Å²) in [6.45, 7) is 2.02. The Balaban J connectivity index is 2.81. The van der Waals surface area contributed by atoms with Crippen molar-refractivity contribution in [3.63, 3.8) is 0 Å². The molecule has 1 aromatic rings. The maximum Gasteiger partial charge on any atom is 0.156 e. The van der Waals surface area contributed by atoms with Gasteiger partial charge in [-0.05, 0) is 29.5 Å². The second kappa shape index (κ2) is 6.30. The Morgan fingerprint density at radius 1 is 1.40 bits per heavy atom. The zero-order valence-electron chi connectivity index (χ0n) is 8.90. The van der Waals surface area contributed by atoms with E-state index in [9.17, 15) is 4.79 Å². The molecule has 1 aromatic carbocycles. The van der Waals surface area contributed by atoms with E-state index in [0.717, 1.165) is 28.3 Å². The van der Waals surface area contributed by atoms with Gasteiger partial charge in [0.05, 0.1) is 7.11 Å². The van der Waals surface area contributed by atoms with Crippen molar-refractivity contribution in [1.29, 1.82) is 0 Å². The number of hydrogen-bond acceptors (Lipinski definition) is 3. The first-order chi connectivity index (χ1) is 7.30. The number of allylic oxidation sites excluding steroid dienone is 1. The molecule has 0 N–H and O–H groups in total. The summed E-state index contributed by atoms with van der Waals surface area (Å²) < 4.78 is 5.05. The van der Waals surface area contributed by atoms with Gasteiger partial charge in [0, 0.05) is 4.91 Å². The van der Waals surface area contributed by atoms with E-state index in [1.807, 2.05) is 37.3 Å². The zero-order chi connectivity index (χ0) is 11.1. The highest BCUT2D eigenvalue weighted by Crippen LogP contribution is 2.18. The zero-order valence-corrected chi connectivity index (χ0v) is 9.71. The van der Waals surface area contributed by atoms with Crippen LogP contribution in [0.2, 0.25) is 0 Å². The number of rotatable bonds is 5. The summed E-state index contributed by atoms with van der Waals surface area (Å²) >= 11 is 1.54. The number of carbonyl (C=O) groups excluding carboxylic acids is 1. The summed E-state index contributed by atoms with van der Waals surface area (Å²) in [7, 11) is 1.63. The molecule has 0 saturated heterocycles. The number of thioether (sulfide) groups is 1. The predicted octanol–water partition coefficient (Wildman–Crippen LogP) is 2.99. The Morgan fingerprint density at radius 3 is 2.53 bits per heavy atom. The minimum Gasteiger partial charge on any atom is -0.497 e. The molecule has 15 heavy (non-hydrogen) atoms. The fourth-order valence-electron chi connectivity index (χ4n) is 1.14. The quantitative estimate of drug-likeness (QED) is 0.566. The van der Waals surface area contributed by atoms with E-state index in [0.29, 0.717) is 0 Å². The van der Waals surface area contributed by atoms with Crippen LogP contribution in [-0.4, -0.2) is 19.1 Å². The number of hydrogen-bond donors (Lipinski definition) is 0. The van der Waals surface area contributed by atoms with Crippen molar-refractivity contribution in [2.45, 2.75) is 6.92 Å². The van der Waals surface area contributed by atoms with Crippen LogP contribution in [0.5, 0.6) is 5.75 Å². The molecule has 0 aliphatic heterocycles. The summed E-state index contributed by atoms with van der Waals surface area (Å²) in [5, 5.41) is 0. The molecule has 2 nitrogen and oxygen atoms in total. The average Bonchev–Trinajstić information content (AvgIpc) is 2.29. The molecule has 0 unspecified atom stereocenters. The Morgan fingerprint density at radius 2 is 2.07 bits per heavy atom. The van der Waals surface area contributed by atoms with Crippen molar-refractivity contribution in [2.24, 2.45) is 0 Å². The third-order valence-corrected chi connectivity index (χ3v) is 2.69. The Bertz CT molecular complexity index is 341. The smallest absolute Gasteiger partial charge is 0.156 e. The largest absolute Gasteiger partial charge is 0.497 e. The van der Waals surface area contributed by atoms with Crippen LogP contribution in [0.4, 0.5) is 0 Å².